The molecule has 1 N–H and O–H groups in total. The van der Waals surface area contributed by atoms with Crippen LogP contribution < -0.4 is 10.1 Å². The number of hydrogen-bond donors (Lipinski definition) is 1. The number of rotatable bonds is 6. The lowest BCUT2D eigenvalue weighted by molar-refractivity contribution is -0.129. The highest BCUT2D eigenvalue weighted by molar-refractivity contribution is 7.09. The molecule has 0 saturated carbocycles. The highest BCUT2D eigenvalue weighted by Gasteiger charge is 2.34. The number of methoxy groups -OCH3 is 1. The van der Waals surface area contributed by atoms with E-state index < -0.39 is 0 Å². The van der Waals surface area contributed by atoms with E-state index in [1.165, 1.54) is 0 Å². The molecule has 0 radical (unpaired) electrons. The fourth-order valence-corrected chi connectivity index (χ4v) is 3.43. The second-order valence-electron chi connectivity index (χ2n) is 5.82. The van der Waals surface area contributed by atoms with Crippen molar-refractivity contribution in [1.82, 2.24) is 10.2 Å². The Morgan fingerprint density at radius 3 is 2.79 bits per heavy atom. The quantitative estimate of drug-likeness (QED) is 0.875. The number of benzene rings is 1. The molecule has 0 bridgehead atoms. The number of carbonyl (C=O) groups is 2. The summed E-state index contributed by atoms with van der Waals surface area (Å²) in [6, 6.07) is 11.6. The molecule has 2 heterocycles. The van der Waals surface area contributed by atoms with Gasteiger partial charge < -0.3 is 15.0 Å². The summed E-state index contributed by atoms with van der Waals surface area (Å²) in [6.45, 7) is 1.53. The van der Waals surface area contributed by atoms with Gasteiger partial charge in [0, 0.05) is 24.4 Å². The summed E-state index contributed by atoms with van der Waals surface area (Å²) in [4.78, 5) is 27.3. The minimum atomic E-state index is -0.268. The number of thiophene rings is 1. The molecule has 126 valence electrons. The average Bonchev–Trinajstić information content (AvgIpc) is 3.24. The number of nitrogens with zero attached hydrogens (tertiary/aromatic N) is 1. The van der Waals surface area contributed by atoms with E-state index in [1.54, 1.807) is 23.3 Å². The molecule has 1 unspecified atom stereocenters. The molecule has 5 nitrogen and oxygen atoms in total. The molecular weight excluding hydrogens is 324 g/mol. The lowest BCUT2D eigenvalue weighted by Crippen LogP contribution is -2.32. The van der Waals surface area contributed by atoms with Crippen molar-refractivity contribution in [3.8, 4) is 5.75 Å². The van der Waals surface area contributed by atoms with E-state index in [-0.39, 0.29) is 24.2 Å². The molecule has 2 amide bonds. The molecule has 1 aromatic heterocycles. The summed E-state index contributed by atoms with van der Waals surface area (Å²) in [5.74, 6) is 0.504. The van der Waals surface area contributed by atoms with Crippen LogP contribution in [0.5, 0.6) is 5.75 Å². The minimum absolute atomic E-state index is 0.0297. The molecule has 1 aliphatic heterocycles. The Bertz CT molecular complexity index is 698. The van der Waals surface area contributed by atoms with E-state index in [9.17, 15) is 9.59 Å². The largest absolute Gasteiger partial charge is 0.497 e. The van der Waals surface area contributed by atoms with Crippen molar-refractivity contribution < 1.29 is 14.3 Å². The van der Waals surface area contributed by atoms with E-state index >= 15 is 0 Å². The summed E-state index contributed by atoms with van der Waals surface area (Å²) in [6.07, 6.45) is 0.284. The van der Waals surface area contributed by atoms with Crippen molar-refractivity contribution in [2.24, 2.45) is 5.92 Å². The lowest BCUT2D eigenvalue weighted by atomic mass is 10.1. The SMILES string of the molecule is COc1ccc(CN2CC(C(=O)NCc3cccs3)CC2=O)cc1. The first-order chi connectivity index (χ1) is 11.7. The Morgan fingerprint density at radius 2 is 2.12 bits per heavy atom. The summed E-state index contributed by atoms with van der Waals surface area (Å²) < 4.78 is 5.13. The monoisotopic (exact) mass is 344 g/mol. The molecule has 0 spiro atoms. The summed E-state index contributed by atoms with van der Waals surface area (Å²) >= 11 is 1.61. The third kappa shape index (κ3) is 3.94. The van der Waals surface area contributed by atoms with Gasteiger partial charge in [-0.1, -0.05) is 18.2 Å². The second-order valence-corrected chi connectivity index (χ2v) is 6.85. The number of hydrogen-bond acceptors (Lipinski definition) is 4. The maximum atomic E-state index is 12.3. The zero-order valence-electron chi connectivity index (χ0n) is 13.5. The van der Waals surface area contributed by atoms with Gasteiger partial charge in [-0.3, -0.25) is 9.59 Å². The molecular formula is C18H20N2O3S. The van der Waals surface area contributed by atoms with E-state index in [0.717, 1.165) is 16.2 Å². The maximum absolute atomic E-state index is 12.3. The smallest absolute Gasteiger partial charge is 0.225 e. The zero-order chi connectivity index (χ0) is 16.9. The Labute approximate surface area is 145 Å². The molecule has 1 atom stereocenters. The van der Waals surface area contributed by atoms with Crippen LogP contribution in [0.2, 0.25) is 0 Å². The summed E-state index contributed by atoms with van der Waals surface area (Å²) in [5.41, 5.74) is 1.03. The number of carbonyl (C=O) groups excluding carboxylic acids is 2. The Morgan fingerprint density at radius 1 is 1.33 bits per heavy atom. The van der Waals surface area contributed by atoms with Gasteiger partial charge in [-0.15, -0.1) is 11.3 Å². The topological polar surface area (TPSA) is 58.6 Å². The van der Waals surface area contributed by atoms with E-state index in [2.05, 4.69) is 5.32 Å². The third-order valence-electron chi connectivity index (χ3n) is 4.13. The first kappa shape index (κ1) is 16.5. The van der Waals surface area contributed by atoms with Crippen LogP contribution in [0, 0.1) is 5.92 Å². The van der Waals surface area contributed by atoms with Gasteiger partial charge in [0.15, 0.2) is 0 Å². The van der Waals surface area contributed by atoms with Gasteiger partial charge in [-0.2, -0.15) is 0 Å². The average molecular weight is 344 g/mol. The lowest BCUT2D eigenvalue weighted by Gasteiger charge is -2.17. The predicted molar refractivity (Wildman–Crippen MR) is 92.7 cm³/mol. The van der Waals surface area contributed by atoms with Gasteiger partial charge in [0.05, 0.1) is 19.6 Å². The van der Waals surface area contributed by atoms with Crippen LogP contribution >= 0.6 is 11.3 Å². The van der Waals surface area contributed by atoms with E-state index in [0.29, 0.717) is 19.6 Å². The van der Waals surface area contributed by atoms with Crippen molar-refractivity contribution in [2.45, 2.75) is 19.5 Å². The van der Waals surface area contributed by atoms with Crippen LogP contribution in [-0.2, 0) is 22.7 Å². The molecule has 2 aromatic rings. The van der Waals surface area contributed by atoms with Gasteiger partial charge >= 0.3 is 0 Å². The highest BCUT2D eigenvalue weighted by atomic mass is 32.1. The fourth-order valence-electron chi connectivity index (χ4n) is 2.78. The van der Waals surface area contributed by atoms with Crippen molar-refractivity contribution in [1.29, 1.82) is 0 Å². The molecule has 0 aliphatic carbocycles. The number of ether oxygens (including phenoxy) is 1. The number of likely N-dealkylation sites (tertiary alicyclic amines) is 1. The minimum Gasteiger partial charge on any atom is -0.497 e. The van der Waals surface area contributed by atoms with Crippen LogP contribution in [0.15, 0.2) is 41.8 Å². The maximum Gasteiger partial charge on any atom is 0.225 e. The second kappa shape index (κ2) is 7.49. The van der Waals surface area contributed by atoms with Crippen LogP contribution in [0.3, 0.4) is 0 Å². The Kier molecular flexibility index (Phi) is 5.15. The number of nitrogens with one attached hydrogen (secondary N) is 1. The first-order valence-electron chi connectivity index (χ1n) is 7.86. The first-order valence-corrected chi connectivity index (χ1v) is 8.74. The van der Waals surface area contributed by atoms with E-state index in [4.69, 9.17) is 4.74 Å². The van der Waals surface area contributed by atoms with Gasteiger partial charge in [-0.05, 0) is 29.1 Å². The zero-order valence-corrected chi connectivity index (χ0v) is 14.3. The van der Waals surface area contributed by atoms with Gasteiger partial charge in [0.2, 0.25) is 11.8 Å². The van der Waals surface area contributed by atoms with Gasteiger partial charge in [-0.25, -0.2) is 0 Å². The van der Waals surface area contributed by atoms with Crippen LogP contribution in [-0.4, -0.2) is 30.4 Å². The van der Waals surface area contributed by atoms with Crippen LogP contribution in [0.25, 0.3) is 0 Å². The van der Waals surface area contributed by atoms with E-state index in [1.807, 2.05) is 41.8 Å². The van der Waals surface area contributed by atoms with Crippen LogP contribution in [0.1, 0.15) is 16.9 Å². The Balaban J connectivity index is 1.53. The van der Waals surface area contributed by atoms with Gasteiger partial charge in [0.1, 0.15) is 5.75 Å². The Hall–Kier alpha value is -2.34. The molecule has 1 saturated heterocycles. The number of amides is 2. The van der Waals surface area contributed by atoms with Crippen molar-refractivity contribution in [3.05, 3.63) is 52.2 Å². The highest BCUT2D eigenvalue weighted by Crippen LogP contribution is 2.21. The van der Waals surface area contributed by atoms with Crippen molar-refractivity contribution in [3.63, 3.8) is 0 Å². The molecule has 24 heavy (non-hydrogen) atoms. The molecule has 6 heteroatoms. The fraction of sp³-hybridized carbons (Fsp3) is 0.333. The standard InChI is InChI=1S/C18H20N2O3S/c1-23-15-6-4-13(5-7-15)11-20-12-14(9-17(20)21)18(22)19-10-16-3-2-8-24-16/h2-8,14H,9-12H2,1H3,(H,19,22). The normalized spacial score (nSPS) is 17.1. The molecule has 3 rings (SSSR count). The van der Waals surface area contributed by atoms with Crippen LogP contribution in [0.4, 0.5) is 0 Å². The van der Waals surface area contributed by atoms with Crippen molar-refractivity contribution >= 4 is 23.2 Å². The van der Waals surface area contributed by atoms with Crippen molar-refractivity contribution in [2.75, 3.05) is 13.7 Å². The predicted octanol–water partition coefficient (Wildman–Crippen LogP) is 2.42. The molecule has 1 aromatic carbocycles. The summed E-state index contributed by atoms with van der Waals surface area (Å²) in [5, 5.41) is 4.91. The molecule has 1 fully saturated rings. The van der Waals surface area contributed by atoms with Gasteiger partial charge in [0.25, 0.3) is 0 Å². The summed E-state index contributed by atoms with van der Waals surface area (Å²) in [7, 11) is 1.62. The molecule has 1 aliphatic rings. The third-order valence-corrected chi connectivity index (χ3v) is 5.01.